The smallest absolute Gasteiger partial charge is 0.322 e. The standard InChI is InChI=1S/C13H23N5O2/c1-3-14-11-16-12(18-13(17-11)19-2)15-7-4-8-20-9-10-5-6-10/h10H,3-9H2,1-2H3,(H2,14,15,16,17,18). The second-order valence-corrected chi connectivity index (χ2v) is 4.80. The van der Waals surface area contributed by atoms with Gasteiger partial charge in [0.05, 0.1) is 7.11 Å². The van der Waals surface area contributed by atoms with Crippen molar-refractivity contribution in [3.8, 4) is 6.01 Å². The fourth-order valence-corrected chi connectivity index (χ4v) is 1.67. The minimum absolute atomic E-state index is 0.309. The Bertz CT molecular complexity index is 412. The van der Waals surface area contributed by atoms with Gasteiger partial charge in [0.15, 0.2) is 0 Å². The molecule has 0 aromatic carbocycles. The van der Waals surface area contributed by atoms with Gasteiger partial charge in [0.2, 0.25) is 11.9 Å². The molecule has 1 aromatic heterocycles. The number of nitrogens with one attached hydrogen (secondary N) is 2. The van der Waals surface area contributed by atoms with Crippen LogP contribution in [0, 0.1) is 5.92 Å². The first-order valence-electron chi connectivity index (χ1n) is 7.17. The molecule has 112 valence electrons. The molecule has 1 aliphatic carbocycles. The maximum absolute atomic E-state index is 5.57. The van der Waals surface area contributed by atoms with Crippen molar-refractivity contribution < 1.29 is 9.47 Å². The number of ether oxygens (including phenoxy) is 2. The fraction of sp³-hybridized carbons (Fsp3) is 0.769. The molecule has 1 aromatic rings. The van der Waals surface area contributed by atoms with Gasteiger partial charge in [-0.15, -0.1) is 0 Å². The van der Waals surface area contributed by atoms with Crippen LogP contribution < -0.4 is 15.4 Å². The zero-order chi connectivity index (χ0) is 14.2. The number of rotatable bonds is 10. The van der Waals surface area contributed by atoms with Crippen molar-refractivity contribution in [3.05, 3.63) is 0 Å². The molecule has 7 heteroatoms. The number of hydrogen-bond acceptors (Lipinski definition) is 7. The number of aromatic nitrogens is 3. The van der Waals surface area contributed by atoms with E-state index in [1.165, 1.54) is 12.8 Å². The van der Waals surface area contributed by atoms with Crippen LogP contribution in [-0.2, 0) is 4.74 Å². The van der Waals surface area contributed by atoms with Crippen LogP contribution in [0.5, 0.6) is 6.01 Å². The van der Waals surface area contributed by atoms with Gasteiger partial charge >= 0.3 is 6.01 Å². The molecule has 7 nitrogen and oxygen atoms in total. The normalized spacial score (nSPS) is 14.1. The molecular formula is C13H23N5O2. The monoisotopic (exact) mass is 281 g/mol. The van der Waals surface area contributed by atoms with Crippen LogP contribution >= 0.6 is 0 Å². The number of methoxy groups -OCH3 is 1. The van der Waals surface area contributed by atoms with Crippen molar-refractivity contribution in [1.29, 1.82) is 0 Å². The summed E-state index contributed by atoms with van der Waals surface area (Å²) in [4.78, 5) is 12.5. The Morgan fingerprint density at radius 2 is 1.90 bits per heavy atom. The van der Waals surface area contributed by atoms with Crippen LogP contribution in [0.15, 0.2) is 0 Å². The summed E-state index contributed by atoms with van der Waals surface area (Å²) in [6, 6.07) is 0.309. The van der Waals surface area contributed by atoms with Crippen molar-refractivity contribution in [3.63, 3.8) is 0 Å². The predicted octanol–water partition coefficient (Wildman–Crippen LogP) is 1.54. The third-order valence-electron chi connectivity index (χ3n) is 2.93. The molecule has 2 N–H and O–H groups in total. The van der Waals surface area contributed by atoms with E-state index in [0.717, 1.165) is 38.6 Å². The van der Waals surface area contributed by atoms with E-state index < -0.39 is 0 Å². The Morgan fingerprint density at radius 1 is 1.15 bits per heavy atom. The minimum atomic E-state index is 0.309. The van der Waals surface area contributed by atoms with Crippen LogP contribution in [0.25, 0.3) is 0 Å². The summed E-state index contributed by atoms with van der Waals surface area (Å²) >= 11 is 0. The topological polar surface area (TPSA) is 81.2 Å². The van der Waals surface area contributed by atoms with Crippen LogP contribution in [0.4, 0.5) is 11.9 Å². The lowest BCUT2D eigenvalue weighted by Crippen LogP contribution is -2.12. The van der Waals surface area contributed by atoms with Crippen molar-refractivity contribution in [2.24, 2.45) is 5.92 Å². The summed E-state index contributed by atoms with van der Waals surface area (Å²) in [5.74, 6) is 1.86. The van der Waals surface area contributed by atoms with E-state index in [4.69, 9.17) is 9.47 Å². The molecule has 0 aliphatic heterocycles. The maximum atomic E-state index is 5.57. The molecule has 0 spiro atoms. The molecular weight excluding hydrogens is 258 g/mol. The van der Waals surface area contributed by atoms with Gasteiger partial charge < -0.3 is 20.1 Å². The fourth-order valence-electron chi connectivity index (χ4n) is 1.67. The zero-order valence-corrected chi connectivity index (χ0v) is 12.2. The van der Waals surface area contributed by atoms with Crippen molar-refractivity contribution in [1.82, 2.24) is 15.0 Å². The molecule has 0 saturated heterocycles. The van der Waals surface area contributed by atoms with E-state index in [1.54, 1.807) is 7.11 Å². The maximum Gasteiger partial charge on any atom is 0.322 e. The highest BCUT2D eigenvalue weighted by Crippen LogP contribution is 2.28. The number of nitrogens with zero attached hydrogens (tertiary/aromatic N) is 3. The quantitative estimate of drug-likeness (QED) is 0.629. The second-order valence-electron chi connectivity index (χ2n) is 4.80. The number of anilines is 2. The van der Waals surface area contributed by atoms with Crippen molar-refractivity contribution >= 4 is 11.9 Å². The molecule has 1 fully saturated rings. The highest BCUT2D eigenvalue weighted by Gasteiger charge is 2.20. The van der Waals surface area contributed by atoms with Gasteiger partial charge in [-0.25, -0.2) is 0 Å². The van der Waals surface area contributed by atoms with Gasteiger partial charge in [0.1, 0.15) is 0 Å². The minimum Gasteiger partial charge on any atom is -0.467 e. The first-order valence-corrected chi connectivity index (χ1v) is 7.17. The molecule has 2 rings (SSSR count). The Balaban J connectivity index is 1.71. The van der Waals surface area contributed by atoms with E-state index >= 15 is 0 Å². The summed E-state index contributed by atoms with van der Waals surface area (Å²) in [5, 5.41) is 6.21. The summed E-state index contributed by atoms with van der Waals surface area (Å²) in [6.45, 7) is 5.18. The highest BCUT2D eigenvalue weighted by atomic mass is 16.5. The van der Waals surface area contributed by atoms with Gasteiger partial charge in [-0.2, -0.15) is 15.0 Å². The highest BCUT2D eigenvalue weighted by molar-refractivity contribution is 5.35. The van der Waals surface area contributed by atoms with E-state index in [2.05, 4.69) is 25.6 Å². The summed E-state index contributed by atoms with van der Waals surface area (Å²) < 4.78 is 10.6. The van der Waals surface area contributed by atoms with Crippen LogP contribution in [0.1, 0.15) is 26.2 Å². The summed E-state index contributed by atoms with van der Waals surface area (Å²) in [7, 11) is 1.54. The SMILES string of the molecule is CCNc1nc(NCCCOCC2CC2)nc(OC)n1. The average molecular weight is 281 g/mol. The van der Waals surface area contributed by atoms with E-state index in [9.17, 15) is 0 Å². The van der Waals surface area contributed by atoms with Crippen molar-refractivity contribution in [2.75, 3.05) is 44.0 Å². The van der Waals surface area contributed by atoms with Crippen molar-refractivity contribution in [2.45, 2.75) is 26.2 Å². The molecule has 0 radical (unpaired) electrons. The molecule has 1 saturated carbocycles. The second kappa shape index (κ2) is 7.84. The summed E-state index contributed by atoms with van der Waals surface area (Å²) in [5.41, 5.74) is 0. The van der Waals surface area contributed by atoms with E-state index in [0.29, 0.717) is 17.9 Å². The van der Waals surface area contributed by atoms with Gasteiger partial charge in [-0.3, -0.25) is 0 Å². The van der Waals surface area contributed by atoms with Crippen LogP contribution in [-0.4, -0.2) is 48.4 Å². The molecule has 20 heavy (non-hydrogen) atoms. The molecule has 1 heterocycles. The summed E-state index contributed by atoms with van der Waals surface area (Å²) in [6.07, 6.45) is 3.59. The van der Waals surface area contributed by atoms with Crippen LogP contribution in [0.3, 0.4) is 0 Å². The molecule has 1 aliphatic rings. The lowest BCUT2D eigenvalue weighted by molar-refractivity contribution is 0.124. The largest absolute Gasteiger partial charge is 0.467 e. The Kier molecular flexibility index (Phi) is 5.79. The van der Waals surface area contributed by atoms with Gasteiger partial charge in [-0.1, -0.05) is 0 Å². The Hall–Kier alpha value is -1.63. The van der Waals surface area contributed by atoms with Gasteiger partial charge in [-0.05, 0) is 32.1 Å². The first kappa shape index (κ1) is 14.8. The third kappa shape index (κ3) is 5.16. The molecule has 0 bridgehead atoms. The Morgan fingerprint density at radius 3 is 2.55 bits per heavy atom. The van der Waals surface area contributed by atoms with E-state index in [-0.39, 0.29) is 0 Å². The third-order valence-corrected chi connectivity index (χ3v) is 2.93. The lowest BCUT2D eigenvalue weighted by Gasteiger charge is -2.08. The molecule has 0 amide bonds. The number of hydrogen-bond donors (Lipinski definition) is 2. The lowest BCUT2D eigenvalue weighted by atomic mass is 10.4. The zero-order valence-electron chi connectivity index (χ0n) is 12.2. The van der Waals surface area contributed by atoms with Crippen LogP contribution in [0.2, 0.25) is 0 Å². The van der Waals surface area contributed by atoms with E-state index in [1.807, 2.05) is 6.92 Å². The van der Waals surface area contributed by atoms with Gasteiger partial charge in [0, 0.05) is 26.3 Å². The predicted molar refractivity (Wildman–Crippen MR) is 77.2 cm³/mol. The first-order chi connectivity index (χ1) is 9.81. The average Bonchev–Trinajstić information content (AvgIpc) is 3.27. The molecule has 0 atom stereocenters. The van der Waals surface area contributed by atoms with Gasteiger partial charge in [0.25, 0.3) is 0 Å². The Labute approximate surface area is 119 Å². The molecule has 0 unspecified atom stereocenters.